The van der Waals surface area contributed by atoms with Gasteiger partial charge in [-0.05, 0) is 108 Å². The van der Waals surface area contributed by atoms with Gasteiger partial charge in [-0.2, -0.15) is 0 Å². The van der Waals surface area contributed by atoms with Crippen molar-refractivity contribution >= 4 is 12.2 Å². The molecule has 4 saturated carbocycles. The number of esters is 1. The molecule has 29 heavy (non-hydrogen) atoms. The van der Waals surface area contributed by atoms with Crippen molar-refractivity contribution < 1.29 is 14.4 Å². The molecule has 6 rings (SSSR count). The van der Waals surface area contributed by atoms with Gasteiger partial charge in [-0.25, -0.2) is 0 Å². The van der Waals surface area contributed by atoms with E-state index >= 15 is 0 Å². The second-order valence-corrected chi connectivity index (χ2v) is 12.2. The number of oxime groups is 1. The number of ether oxygens (including phenoxy) is 1. The molecule has 1 spiro atoms. The lowest BCUT2D eigenvalue weighted by Gasteiger charge is -2.59. The van der Waals surface area contributed by atoms with Crippen LogP contribution in [-0.2, 0) is 14.4 Å². The highest BCUT2D eigenvalue weighted by Gasteiger charge is 2.66. The summed E-state index contributed by atoms with van der Waals surface area (Å²) in [4.78, 5) is 18.5. The van der Waals surface area contributed by atoms with Gasteiger partial charge in [0.2, 0.25) is 0 Å². The van der Waals surface area contributed by atoms with Gasteiger partial charge in [-0.1, -0.05) is 12.1 Å². The molecule has 0 amide bonds. The Hall–Kier alpha value is -1.06. The minimum atomic E-state index is -0.307. The van der Waals surface area contributed by atoms with Crippen LogP contribution in [0.25, 0.3) is 0 Å². The van der Waals surface area contributed by atoms with E-state index in [0.29, 0.717) is 12.0 Å². The number of rotatable bonds is 0. The molecule has 0 N–H and O–H groups in total. The lowest BCUT2D eigenvalue weighted by molar-refractivity contribution is -0.210. The Labute approximate surface area is 175 Å². The molecule has 0 radical (unpaired) electrons. The first kappa shape index (κ1) is 18.7. The Balaban J connectivity index is 1.26. The average molecular weight is 400 g/mol. The lowest BCUT2D eigenvalue weighted by Crippen LogP contribution is -2.58. The van der Waals surface area contributed by atoms with Crippen LogP contribution in [0.1, 0.15) is 85.0 Å². The first-order chi connectivity index (χ1) is 13.8. The van der Waals surface area contributed by atoms with Crippen molar-refractivity contribution in [2.24, 2.45) is 51.5 Å². The molecule has 5 fully saturated rings. The van der Waals surface area contributed by atoms with Gasteiger partial charge in [-0.15, -0.1) is 0 Å². The minimum Gasteiger partial charge on any atom is -0.458 e. The highest BCUT2D eigenvalue weighted by Crippen LogP contribution is 2.68. The van der Waals surface area contributed by atoms with E-state index in [0.717, 1.165) is 48.9 Å². The molecule has 6 aliphatic rings. The third-order valence-corrected chi connectivity index (χ3v) is 10.8. The van der Waals surface area contributed by atoms with Crippen LogP contribution in [0, 0.1) is 46.3 Å². The summed E-state index contributed by atoms with van der Waals surface area (Å²) in [7, 11) is 0. The first-order valence-electron chi connectivity index (χ1n) is 12.3. The summed E-state index contributed by atoms with van der Waals surface area (Å²) < 4.78 is 6.39. The second kappa shape index (κ2) is 6.01. The van der Waals surface area contributed by atoms with E-state index in [1.54, 1.807) is 0 Å². The summed E-state index contributed by atoms with van der Waals surface area (Å²) in [6, 6.07) is 0. The fraction of sp³-hybridized carbons (Fsp3) is 0.920. The number of nitrogens with zero attached hydrogens (tertiary/aromatic N) is 1. The molecule has 7 unspecified atom stereocenters. The Bertz CT molecular complexity index is 746. The Morgan fingerprint density at radius 2 is 1.79 bits per heavy atom. The van der Waals surface area contributed by atoms with Crippen LogP contribution in [0.2, 0.25) is 0 Å². The zero-order chi connectivity index (χ0) is 20.0. The normalized spacial score (nSPS) is 54.7. The van der Waals surface area contributed by atoms with E-state index in [4.69, 9.17) is 9.57 Å². The van der Waals surface area contributed by atoms with Crippen LogP contribution in [0.5, 0.6) is 0 Å². The molecule has 2 heterocycles. The van der Waals surface area contributed by atoms with Crippen molar-refractivity contribution in [1.82, 2.24) is 0 Å². The van der Waals surface area contributed by atoms with Crippen LogP contribution in [0.4, 0.5) is 0 Å². The average Bonchev–Trinajstić information content (AvgIpc) is 3.26. The molecule has 2 aliphatic heterocycles. The zero-order valence-electron chi connectivity index (χ0n) is 18.4. The van der Waals surface area contributed by atoms with Gasteiger partial charge in [-0.3, -0.25) is 4.79 Å². The summed E-state index contributed by atoms with van der Waals surface area (Å²) in [5.41, 5.74) is -0.309. The Kier molecular flexibility index (Phi) is 3.87. The van der Waals surface area contributed by atoms with Crippen molar-refractivity contribution in [1.29, 1.82) is 0 Å². The fourth-order valence-corrected chi connectivity index (χ4v) is 8.96. The monoisotopic (exact) mass is 399 g/mol. The van der Waals surface area contributed by atoms with Gasteiger partial charge in [0, 0.05) is 11.3 Å². The highest BCUT2D eigenvalue weighted by molar-refractivity contribution is 5.77. The highest BCUT2D eigenvalue weighted by atomic mass is 16.6. The number of hydrogen-bond donors (Lipinski definition) is 0. The SMILES string of the molecule is CC1(C)CC[C@@]2(CCC3C4CCC5CC6ON=CC6CC5C4CC[C@@]32C)OC1=O. The maximum Gasteiger partial charge on any atom is 0.312 e. The molecule has 4 nitrogen and oxygen atoms in total. The maximum atomic E-state index is 12.8. The van der Waals surface area contributed by atoms with E-state index in [2.05, 4.69) is 32.1 Å². The van der Waals surface area contributed by atoms with Gasteiger partial charge in [0.15, 0.2) is 0 Å². The van der Waals surface area contributed by atoms with Crippen molar-refractivity contribution in [3.05, 3.63) is 0 Å². The quantitative estimate of drug-likeness (QED) is 0.516. The molecule has 0 aromatic carbocycles. The maximum absolute atomic E-state index is 12.8. The third-order valence-electron chi connectivity index (χ3n) is 10.8. The van der Waals surface area contributed by atoms with Crippen LogP contribution >= 0.6 is 0 Å². The largest absolute Gasteiger partial charge is 0.458 e. The number of hydrogen-bond acceptors (Lipinski definition) is 4. The smallest absolute Gasteiger partial charge is 0.312 e. The van der Waals surface area contributed by atoms with Gasteiger partial charge >= 0.3 is 5.97 Å². The standard InChI is InChI=1S/C25H37NO3/c1-23(2)10-11-25(28-22(23)27)9-7-20-18-5-4-15-13-21-16(14-26-29-21)12-19(15)17(18)6-8-24(20,25)3/h14-21H,4-13H2,1-3H3/t15?,16?,17?,18?,19?,20?,21?,24-,25+/m0/s1. The fourth-order valence-electron chi connectivity index (χ4n) is 8.96. The molecule has 0 aromatic heterocycles. The predicted octanol–water partition coefficient (Wildman–Crippen LogP) is 5.35. The Morgan fingerprint density at radius 3 is 2.62 bits per heavy atom. The van der Waals surface area contributed by atoms with Crippen molar-refractivity contribution in [2.75, 3.05) is 0 Å². The predicted molar refractivity (Wildman–Crippen MR) is 111 cm³/mol. The molecule has 4 aliphatic carbocycles. The minimum absolute atomic E-state index is 0.0512. The van der Waals surface area contributed by atoms with Crippen molar-refractivity contribution in [2.45, 2.75) is 96.7 Å². The summed E-state index contributed by atoms with van der Waals surface area (Å²) in [6.45, 7) is 6.61. The van der Waals surface area contributed by atoms with Crippen molar-refractivity contribution in [3.8, 4) is 0 Å². The first-order valence-corrected chi connectivity index (χ1v) is 12.3. The molecule has 0 bridgehead atoms. The van der Waals surface area contributed by atoms with Gasteiger partial charge in [0.1, 0.15) is 11.7 Å². The molecule has 4 heteroatoms. The lowest BCUT2D eigenvalue weighted by atomic mass is 9.48. The Morgan fingerprint density at radius 1 is 0.931 bits per heavy atom. The molecule has 9 atom stereocenters. The second-order valence-electron chi connectivity index (χ2n) is 12.2. The van der Waals surface area contributed by atoms with Gasteiger partial charge < -0.3 is 9.57 Å². The van der Waals surface area contributed by atoms with Gasteiger partial charge in [0.05, 0.1) is 11.6 Å². The van der Waals surface area contributed by atoms with E-state index < -0.39 is 0 Å². The van der Waals surface area contributed by atoms with Crippen LogP contribution in [0.15, 0.2) is 5.16 Å². The van der Waals surface area contributed by atoms with E-state index in [1.165, 1.54) is 44.9 Å². The molecule has 160 valence electrons. The molecule has 1 saturated heterocycles. The summed E-state index contributed by atoms with van der Waals surface area (Å²) in [6.07, 6.45) is 14.7. The zero-order valence-corrected chi connectivity index (χ0v) is 18.4. The number of fused-ring (bicyclic) bond motifs is 7. The van der Waals surface area contributed by atoms with Crippen LogP contribution < -0.4 is 0 Å². The number of carbonyl (C=O) groups is 1. The van der Waals surface area contributed by atoms with Crippen LogP contribution in [0.3, 0.4) is 0 Å². The molecular formula is C25H37NO3. The topological polar surface area (TPSA) is 47.9 Å². The molecule has 0 aromatic rings. The van der Waals surface area contributed by atoms with E-state index in [-0.39, 0.29) is 22.4 Å². The molecular weight excluding hydrogens is 362 g/mol. The van der Waals surface area contributed by atoms with E-state index in [9.17, 15) is 4.79 Å². The van der Waals surface area contributed by atoms with Gasteiger partial charge in [0.25, 0.3) is 0 Å². The third kappa shape index (κ3) is 2.44. The summed E-state index contributed by atoms with van der Waals surface area (Å²) >= 11 is 0. The summed E-state index contributed by atoms with van der Waals surface area (Å²) in [5, 5.41) is 4.16. The van der Waals surface area contributed by atoms with E-state index in [1.807, 2.05) is 0 Å². The summed E-state index contributed by atoms with van der Waals surface area (Å²) in [5.74, 6) is 4.74. The van der Waals surface area contributed by atoms with Crippen LogP contribution in [-0.4, -0.2) is 23.9 Å². The van der Waals surface area contributed by atoms with Crippen molar-refractivity contribution in [3.63, 3.8) is 0 Å². The number of carbonyl (C=O) groups excluding carboxylic acids is 1.